The van der Waals surface area contributed by atoms with Crippen LogP contribution in [0.4, 0.5) is 10.5 Å². The minimum Gasteiger partial charge on any atom is -0.490 e. The molecule has 4 rings (SSSR count). The summed E-state index contributed by atoms with van der Waals surface area (Å²) in [7, 11) is 1.81. The molecule has 2 aliphatic rings. The van der Waals surface area contributed by atoms with Gasteiger partial charge in [0.1, 0.15) is 5.75 Å². The molecule has 0 spiro atoms. The second-order valence-electron chi connectivity index (χ2n) is 8.63. The number of hydrogen-bond donors (Lipinski definition) is 1. The second-order valence-corrected chi connectivity index (χ2v) is 9.48. The van der Waals surface area contributed by atoms with Crippen LogP contribution < -0.4 is 10.1 Å². The second kappa shape index (κ2) is 10.1. The van der Waals surface area contributed by atoms with E-state index >= 15 is 0 Å². The number of nitrogens with zero attached hydrogens (tertiary/aromatic N) is 2. The molecule has 0 unspecified atom stereocenters. The van der Waals surface area contributed by atoms with Crippen molar-refractivity contribution >= 4 is 34.9 Å². The first-order chi connectivity index (χ1) is 15.0. The third-order valence-electron chi connectivity index (χ3n) is 6.07. The highest BCUT2D eigenvalue weighted by Crippen LogP contribution is 2.33. The van der Waals surface area contributed by atoms with Gasteiger partial charge in [0, 0.05) is 35.9 Å². The summed E-state index contributed by atoms with van der Waals surface area (Å²) in [5.74, 6) is 1.26. The van der Waals surface area contributed by atoms with Gasteiger partial charge in [-0.1, -0.05) is 35.3 Å². The number of hydrogen-bond acceptors (Lipinski definition) is 3. The van der Waals surface area contributed by atoms with Crippen LogP contribution in [0.3, 0.4) is 0 Å². The number of rotatable bonds is 7. The zero-order valence-electron chi connectivity index (χ0n) is 17.8. The lowest BCUT2D eigenvalue weighted by Gasteiger charge is -2.37. The van der Waals surface area contributed by atoms with Gasteiger partial charge in [-0.25, -0.2) is 4.79 Å². The maximum Gasteiger partial charge on any atom is 0.321 e. The highest BCUT2D eigenvalue weighted by atomic mass is 35.5. The highest BCUT2D eigenvalue weighted by Gasteiger charge is 2.32. The standard InChI is InChI=1S/C24H29Cl2N3O2/c1-28(24(30)27-20-6-4-5-19(25)13-20)15-17-11-22(12-17)31-21-8-7-18(23(26)14-21)16-29-9-2-3-10-29/h4-8,13-14,17,22H,2-3,9-12,15-16H2,1H3,(H,27,30). The van der Waals surface area contributed by atoms with Gasteiger partial charge in [-0.05, 0) is 80.6 Å². The Kier molecular flexibility index (Phi) is 7.26. The number of amides is 2. The number of urea groups is 1. The molecule has 0 radical (unpaired) electrons. The van der Waals surface area contributed by atoms with Crippen LogP contribution in [0, 0.1) is 5.92 Å². The average molecular weight is 462 g/mol. The molecule has 2 amide bonds. The first kappa shape index (κ1) is 22.3. The topological polar surface area (TPSA) is 44.8 Å². The molecule has 7 heteroatoms. The van der Waals surface area contributed by atoms with Crippen molar-refractivity contribution in [1.29, 1.82) is 0 Å². The third-order valence-corrected chi connectivity index (χ3v) is 6.65. The van der Waals surface area contributed by atoms with E-state index in [1.165, 1.54) is 12.8 Å². The van der Waals surface area contributed by atoms with E-state index in [2.05, 4.69) is 16.3 Å². The lowest BCUT2D eigenvalue weighted by Crippen LogP contribution is -2.43. The Morgan fingerprint density at radius 3 is 2.65 bits per heavy atom. The number of anilines is 1. The number of carbonyl (C=O) groups is 1. The molecule has 2 aromatic rings. The first-order valence-electron chi connectivity index (χ1n) is 10.9. The van der Waals surface area contributed by atoms with Crippen molar-refractivity contribution in [2.75, 3.05) is 32.0 Å². The molecular formula is C24H29Cl2N3O2. The summed E-state index contributed by atoms with van der Waals surface area (Å²) in [5.41, 5.74) is 1.86. The van der Waals surface area contributed by atoms with Crippen LogP contribution in [0.1, 0.15) is 31.2 Å². The summed E-state index contributed by atoms with van der Waals surface area (Å²) < 4.78 is 6.11. The molecule has 166 valence electrons. The van der Waals surface area contributed by atoms with E-state index in [0.29, 0.717) is 23.2 Å². The smallest absolute Gasteiger partial charge is 0.321 e. The molecule has 2 fully saturated rings. The lowest BCUT2D eigenvalue weighted by molar-refractivity contribution is 0.0532. The summed E-state index contributed by atoms with van der Waals surface area (Å²) in [5, 5.41) is 4.25. The largest absolute Gasteiger partial charge is 0.490 e. The minimum absolute atomic E-state index is 0.132. The number of ether oxygens (including phenoxy) is 1. The molecule has 1 heterocycles. The Morgan fingerprint density at radius 1 is 1.16 bits per heavy atom. The van der Waals surface area contributed by atoms with Crippen LogP contribution >= 0.6 is 23.2 Å². The molecular weight excluding hydrogens is 433 g/mol. The van der Waals surface area contributed by atoms with E-state index in [4.69, 9.17) is 27.9 Å². The van der Waals surface area contributed by atoms with Crippen molar-refractivity contribution in [3.63, 3.8) is 0 Å². The van der Waals surface area contributed by atoms with Gasteiger partial charge in [-0.3, -0.25) is 4.90 Å². The average Bonchev–Trinajstić information content (AvgIpc) is 3.21. The third kappa shape index (κ3) is 6.06. The summed E-state index contributed by atoms with van der Waals surface area (Å²) in [6.45, 7) is 3.92. The molecule has 1 saturated heterocycles. The Labute approximate surface area is 194 Å². The quantitative estimate of drug-likeness (QED) is 0.557. The predicted molar refractivity (Wildman–Crippen MR) is 126 cm³/mol. The van der Waals surface area contributed by atoms with Gasteiger partial charge in [0.25, 0.3) is 0 Å². The Hall–Kier alpha value is -1.95. The van der Waals surface area contributed by atoms with Gasteiger partial charge >= 0.3 is 6.03 Å². The molecule has 1 saturated carbocycles. The van der Waals surface area contributed by atoms with E-state index in [-0.39, 0.29) is 12.1 Å². The molecule has 0 atom stereocenters. The molecule has 0 aromatic heterocycles. The first-order valence-corrected chi connectivity index (χ1v) is 11.7. The van der Waals surface area contributed by atoms with Crippen LogP contribution in [-0.2, 0) is 6.54 Å². The molecule has 1 N–H and O–H groups in total. The zero-order chi connectivity index (χ0) is 21.8. The fraction of sp³-hybridized carbons (Fsp3) is 0.458. The number of carbonyl (C=O) groups excluding carboxylic acids is 1. The molecule has 31 heavy (non-hydrogen) atoms. The van der Waals surface area contributed by atoms with E-state index in [0.717, 1.165) is 48.8 Å². The summed E-state index contributed by atoms with van der Waals surface area (Å²) in [6.07, 6.45) is 4.59. The Balaban J connectivity index is 1.20. The van der Waals surface area contributed by atoms with Crippen LogP contribution in [0.15, 0.2) is 42.5 Å². The highest BCUT2D eigenvalue weighted by molar-refractivity contribution is 6.31. The zero-order valence-corrected chi connectivity index (χ0v) is 19.3. The minimum atomic E-state index is -0.132. The Bertz CT molecular complexity index is 911. The molecule has 1 aliphatic heterocycles. The maximum atomic E-state index is 12.4. The number of benzene rings is 2. The van der Waals surface area contributed by atoms with Gasteiger partial charge in [0.05, 0.1) is 6.10 Å². The van der Waals surface area contributed by atoms with E-state index in [9.17, 15) is 4.79 Å². The fourth-order valence-corrected chi connectivity index (χ4v) is 4.70. The van der Waals surface area contributed by atoms with Crippen molar-refractivity contribution in [3.8, 4) is 5.75 Å². The van der Waals surface area contributed by atoms with Crippen LogP contribution in [-0.4, -0.2) is 48.6 Å². The summed E-state index contributed by atoms with van der Waals surface area (Å²) in [6, 6.07) is 13.1. The lowest BCUT2D eigenvalue weighted by atomic mass is 9.82. The van der Waals surface area contributed by atoms with Crippen molar-refractivity contribution < 1.29 is 9.53 Å². The monoisotopic (exact) mass is 461 g/mol. The van der Waals surface area contributed by atoms with Gasteiger partial charge < -0.3 is 15.0 Å². The van der Waals surface area contributed by atoms with Crippen molar-refractivity contribution in [1.82, 2.24) is 9.80 Å². The van der Waals surface area contributed by atoms with Gasteiger partial charge in [0.15, 0.2) is 0 Å². The molecule has 2 aromatic carbocycles. The Morgan fingerprint density at radius 2 is 1.94 bits per heavy atom. The van der Waals surface area contributed by atoms with E-state index in [1.54, 1.807) is 17.0 Å². The molecule has 5 nitrogen and oxygen atoms in total. The van der Waals surface area contributed by atoms with Crippen molar-refractivity contribution in [2.24, 2.45) is 5.92 Å². The SMILES string of the molecule is CN(CC1CC(Oc2ccc(CN3CCCC3)c(Cl)c2)C1)C(=O)Nc1cccc(Cl)c1. The fourth-order valence-electron chi connectivity index (χ4n) is 4.28. The molecule has 0 bridgehead atoms. The summed E-state index contributed by atoms with van der Waals surface area (Å²) in [4.78, 5) is 16.5. The van der Waals surface area contributed by atoms with Crippen molar-refractivity contribution in [2.45, 2.75) is 38.3 Å². The number of nitrogens with one attached hydrogen (secondary N) is 1. The van der Waals surface area contributed by atoms with Crippen LogP contribution in [0.25, 0.3) is 0 Å². The van der Waals surface area contributed by atoms with Gasteiger partial charge in [-0.15, -0.1) is 0 Å². The van der Waals surface area contributed by atoms with Gasteiger partial charge in [0.2, 0.25) is 0 Å². The van der Waals surface area contributed by atoms with E-state index < -0.39 is 0 Å². The maximum absolute atomic E-state index is 12.4. The molecule has 1 aliphatic carbocycles. The van der Waals surface area contributed by atoms with E-state index in [1.807, 2.05) is 31.3 Å². The van der Waals surface area contributed by atoms with Crippen LogP contribution in [0.5, 0.6) is 5.75 Å². The summed E-state index contributed by atoms with van der Waals surface area (Å²) >= 11 is 12.5. The van der Waals surface area contributed by atoms with Gasteiger partial charge in [-0.2, -0.15) is 0 Å². The predicted octanol–water partition coefficient (Wildman–Crippen LogP) is 5.91. The number of halogens is 2. The normalized spacial score (nSPS) is 20.9. The van der Waals surface area contributed by atoms with Crippen molar-refractivity contribution in [3.05, 3.63) is 58.1 Å². The number of likely N-dealkylation sites (tertiary alicyclic amines) is 1. The van der Waals surface area contributed by atoms with Crippen LogP contribution in [0.2, 0.25) is 10.0 Å².